The van der Waals surface area contributed by atoms with Gasteiger partial charge in [0.25, 0.3) is 0 Å². The number of rotatable bonds is 4. The molecule has 0 saturated heterocycles. The predicted molar refractivity (Wildman–Crippen MR) is 48.2 cm³/mol. The fourth-order valence-electron chi connectivity index (χ4n) is 0.744. The quantitative estimate of drug-likeness (QED) is 0.597. The van der Waals surface area contributed by atoms with Gasteiger partial charge in [0, 0.05) is 12.3 Å². The summed E-state index contributed by atoms with van der Waals surface area (Å²) in [7, 11) is -0.550. The third-order valence-electron chi connectivity index (χ3n) is 1.07. The summed E-state index contributed by atoms with van der Waals surface area (Å²) in [5.74, 6) is 1.11. The van der Waals surface area contributed by atoms with E-state index >= 15 is 0 Å². The van der Waals surface area contributed by atoms with E-state index in [2.05, 4.69) is 30.7 Å². The number of nitrogens with one attached hydrogen (secondary N) is 1. The van der Waals surface area contributed by atoms with Crippen LogP contribution in [0.2, 0.25) is 0 Å². The molecule has 0 aromatic carbocycles. The molecule has 1 N–H and O–H groups in total. The molecule has 0 radical (unpaired) electrons. The zero-order valence-electron chi connectivity index (χ0n) is 6.61. The van der Waals surface area contributed by atoms with E-state index in [1.807, 2.05) is 6.08 Å². The molecule has 0 aliphatic heterocycles. The highest BCUT2D eigenvalue weighted by atomic mass is 32.3. The zero-order chi connectivity index (χ0) is 7.33. The van der Waals surface area contributed by atoms with Crippen LogP contribution in [0.4, 0.5) is 0 Å². The number of hydrogen-bond donors (Lipinski definition) is 1. The van der Waals surface area contributed by atoms with Gasteiger partial charge >= 0.3 is 0 Å². The second-order valence-corrected chi connectivity index (χ2v) is 6.19. The Morgan fingerprint density at radius 1 is 1.56 bits per heavy atom. The molecule has 0 amide bonds. The monoisotopic (exact) mass is 147 g/mol. The van der Waals surface area contributed by atoms with Gasteiger partial charge in [-0.25, -0.2) is 0 Å². The highest BCUT2D eigenvalue weighted by molar-refractivity contribution is 8.31. The van der Waals surface area contributed by atoms with Crippen LogP contribution in [0, 0.1) is 0 Å². The standard InChI is InChI=1S/C7H17NS/c1-5-7-9(3,4)8-6-2/h5,8H,1,6-7H2,2-4H3. The molecule has 9 heavy (non-hydrogen) atoms. The zero-order valence-corrected chi connectivity index (χ0v) is 7.42. The van der Waals surface area contributed by atoms with E-state index in [1.54, 1.807) is 0 Å². The summed E-state index contributed by atoms with van der Waals surface area (Å²) in [5, 5.41) is 0. The van der Waals surface area contributed by atoms with Crippen LogP contribution in [0.25, 0.3) is 0 Å². The second-order valence-electron chi connectivity index (χ2n) is 2.49. The van der Waals surface area contributed by atoms with E-state index < -0.39 is 10.2 Å². The molecule has 0 rings (SSSR count). The lowest BCUT2D eigenvalue weighted by Gasteiger charge is -2.30. The van der Waals surface area contributed by atoms with Gasteiger partial charge in [-0.15, -0.1) is 6.58 Å². The molecule has 0 aromatic rings. The van der Waals surface area contributed by atoms with Crippen molar-refractivity contribution in [1.82, 2.24) is 4.72 Å². The third-order valence-corrected chi connectivity index (χ3v) is 3.21. The topological polar surface area (TPSA) is 12.0 Å². The molecule has 0 aliphatic rings. The van der Waals surface area contributed by atoms with Crippen LogP contribution < -0.4 is 4.72 Å². The SMILES string of the molecule is C=CCS(C)(C)NCC. The summed E-state index contributed by atoms with van der Waals surface area (Å²) in [6.07, 6.45) is 6.51. The lowest BCUT2D eigenvalue weighted by atomic mass is 10.8. The Morgan fingerprint density at radius 3 is 2.44 bits per heavy atom. The fourth-order valence-corrected chi connectivity index (χ4v) is 2.23. The van der Waals surface area contributed by atoms with Gasteiger partial charge < -0.3 is 0 Å². The van der Waals surface area contributed by atoms with Gasteiger partial charge in [-0.3, -0.25) is 4.72 Å². The molecule has 0 saturated carbocycles. The average Bonchev–Trinajstić information content (AvgIpc) is 1.64. The third kappa shape index (κ3) is 4.55. The van der Waals surface area contributed by atoms with Crippen LogP contribution in [0.15, 0.2) is 12.7 Å². The van der Waals surface area contributed by atoms with Crippen molar-refractivity contribution in [3.63, 3.8) is 0 Å². The first-order valence-electron chi connectivity index (χ1n) is 3.19. The van der Waals surface area contributed by atoms with E-state index in [0.29, 0.717) is 0 Å². The first kappa shape index (κ1) is 9.05. The first-order valence-corrected chi connectivity index (χ1v) is 5.81. The highest BCUT2D eigenvalue weighted by Crippen LogP contribution is 2.33. The number of hydrogen-bond acceptors (Lipinski definition) is 1. The predicted octanol–water partition coefficient (Wildman–Crippen LogP) is 1.76. The molecule has 0 unspecified atom stereocenters. The second kappa shape index (κ2) is 3.96. The summed E-state index contributed by atoms with van der Waals surface area (Å²) in [5.41, 5.74) is 0. The largest absolute Gasteiger partial charge is 0.281 e. The van der Waals surface area contributed by atoms with Crippen molar-refractivity contribution < 1.29 is 0 Å². The van der Waals surface area contributed by atoms with Gasteiger partial charge in [0.2, 0.25) is 0 Å². The lowest BCUT2D eigenvalue weighted by Crippen LogP contribution is -2.19. The van der Waals surface area contributed by atoms with Gasteiger partial charge in [-0.1, -0.05) is 13.0 Å². The Bertz CT molecular complexity index is 88.9. The van der Waals surface area contributed by atoms with E-state index in [-0.39, 0.29) is 0 Å². The minimum Gasteiger partial charge on any atom is -0.281 e. The van der Waals surface area contributed by atoms with Gasteiger partial charge in [0.15, 0.2) is 0 Å². The molecular weight excluding hydrogens is 130 g/mol. The normalized spacial score (nSPS) is 13.2. The molecule has 1 nitrogen and oxygen atoms in total. The molecule has 2 heteroatoms. The van der Waals surface area contributed by atoms with Crippen molar-refractivity contribution in [3.05, 3.63) is 12.7 Å². The van der Waals surface area contributed by atoms with E-state index in [9.17, 15) is 0 Å². The Morgan fingerprint density at radius 2 is 2.11 bits per heavy atom. The Hall–Kier alpha value is 0.0500. The van der Waals surface area contributed by atoms with Crippen LogP contribution >= 0.6 is 10.2 Å². The fraction of sp³-hybridized carbons (Fsp3) is 0.714. The maximum absolute atomic E-state index is 3.71. The van der Waals surface area contributed by atoms with Crippen molar-refractivity contribution in [2.45, 2.75) is 6.92 Å². The average molecular weight is 147 g/mol. The van der Waals surface area contributed by atoms with Gasteiger partial charge in [-0.05, 0) is 12.5 Å². The summed E-state index contributed by atoms with van der Waals surface area (Å²) in [4.78, 5) is 0. The maximum Gasteiger partial charge on any atom is 0.00626 e. The lowest BCUT2D eigenvalue weighted by molar-refractivity contribution is 1.02. The first-order chi connectivity index (χ1) is 4.12. The molecule has 0 fully saturated rings. The van der Waals surface area contributed by atoms with E-state index in [4.69, 9.17) is 0 Å². The smallest absolute Gasteiger partial charge is 0.00626 e. The molecular formula is C7H17NS. The van der Waals surface area contributed by atoms with Crippen molar-refractivity contribution in [1.29, 1.82) is 0 Å². The van der Waals surface area contributed by atoms with Gasteiger partial charge in [0.05, 0.1) is 0 Å². The minimum absolute atomic E-state index is 0.550. The Labute approximate surface area is 60.0 Å². The van der Waals surface area contributed by atoms with E-state index in [1.165, 1.54) is 0 Å². The molecule has 0 spiro atoms. The highest BCUT2D eigenvalue weighted by Gasteiger charge is 2.04. The summed E-state index contributed by atoms with van der Waals surface area (Å²) < 4.78 is 3.43. The van der Waals surface area contributed by atoms with Crippen molar-refractivity contribution in [2.24, 2.45) is 0 Å². The summed E-state index contributed by atoms with van der Waals surface area (Å²) in [6, 6.07) is 0. The molecule has 0 atom stereocenters. The van der Waals surface area contributed by atoms with Crippen LogP contribution in [-0.2, 0) is 0 Å². The maximum atomic E-state index is 3.71. The molecule has 0 aromatic heterocycles. The van der Waals surface area contributed by atoms with Crippen molar-refractivity contribution in [3.8, 4) is 0 Å². The van der Waals surface area contributed by atoms with Crippen molar-refractivity contribution >= 4 is 10.2 Å². The summed E-state index contributed by atoms with van der Waals surface area (Å²) in [6.45, 7) is 6.91. The van der Waals surface area contributed by atoms with Crippen LogP contribution in [0.3, 0.4) is 0 Å². The molecule has 0 bridgehead atoms. The van der Waals surface area contributed by atoms with Crippen LogP contribution in [0.5, 0.6) is 0 Å². The molecule has 0 heterocycles. The Balaban J connectivity index is 3.55. The van der Waals surface area contributed by atoms with E-state index in [0.717, 1.165) is 12.3 Å². The van der Waals surface area contributed by atoms with Crippen LogP contribution in [-0.4, -0.2) is 24.8 Å². The molecule has 56 valence electrons. The summed E-state index contributed by atoms with van der Waals surface area (Å²) >= 11 is 0. The molecule has 0 aliphatic carbocycles. The van der Waals surface area contributed by atoms with Gasteiger partial charge in [0.1, 0.15) is 0 Å². The Kier molecular flexibility index (Phi) is 3.98. The van der Waals surface area contributed by atoms with Crippen molar-refractivity contribution in [2.75, 3.05) is 24.8 Å². The minimum atomic E-state index is -0.550. The van der Waals surface area contributed by atoms with Crippen LogP contribution in [0.1, 0.15) is 6.92 Å². The van der Waals surface area contributed by atoms with Gasteiger partial charge in [-0.2, -0.15) is 10.2 Å².